The van der Waals surface area contributed by atoms with Gasteiger partial charge in [-0.25, -0.2) is 14.6 Å². The lowest BCUT2D eigenvalue weighted by Gasteiger charge is -2.28. The average Bonchev–Trinajstić information content (AvgIpc) is 3.25. The lowest BCUT2D eigenvalue weighted by Crippen LogP contribution is -2.37. The summed E-state index contributed by atoms with van der Waals surface area (Å²) in [6, 6.07) is 5.51. The number of thioether (sulfide) groups is 1. The highest BCUT2D eigenvalue weighted by molar-refractivity contribution is 7.99. The van der Waals surface area contributed by atoms with E-state index in [1.807, 2.05) is 0 Å². The van der Waals surface area contributed by atoms with Crippen LogP contribution in [-0.4, -0.2) is 69.2 Å². The Morgan fingerprint density at radius 3 is 2.70 bits per heavy atom. The molecule has 1 amide bonds. The Morgan fingerprint density at radius 1 is 1.24 bits per heavy atom. The summed E-state index contributed by atoms with van der Waals surface area (Å²) in [5.74, 6) is 1.49. The third-order valence-electron chi connectivity index (χ3n) is 5.15. The molecule has 1 aliphatic heterocycles. The molecule has 0 aliphatic carbocycles. The molecule has 4 rings (SSSR count). The van der Waals surface area contributed by atoms with Gasteiger partial charge < -0.3 is 15.0 Å². The lowest BCUT2D eigenvalue weighted by molar-refractivity contribution is -0.384. The number of benzene rings is 1. The minimum absolute atomic E-state index is 0.0536. The number of nitro benzene ring substituents is 1. The van der Waals surface area contributed by atoms with Crippen LogP contribution < -0.4 is 10.2 Å². The van der Waals surface area contributed by atoms with Crippen molar-refractivity contribution in [2.75, 3.05) is 43.5 Å². The average molecular weight is 472 g/mol. The molecule has 3 aromatic rings. The standard InChI is InChI=1S/C21H25N7O4S/c1-2-13-33-21-24-18(26-9-11-32-12-10-26)17-14-23-27(19(17)25-21)8-7-22-20(29)15-3-5-16(6-4-15)28(30)31/h3-6,14H,2,7-13H2,1H3,(H,22,29). The second-order valence-corrected chi connectivity index (χ2v) is 8.50. The van der Waals surface area contributed by atoms with Gasteiger partial charge in [0, 0.05) is 43.1 Å². The lowest BCUT2D eigenvalue weighted by atomic mass is 10.2. The van der Waals surface area contributed by atoms with E-state index in [-0.39, 0.29) is 11.6 Å². The molecule has 1 aliphatic rings. The van der Waals surface area contributed by atoms with Gasteiger partial charge >= 0.3 is 0 Å². The van der Waals surface area contributed by atoms with Crippen molar-refractivity contribution >= 4 is 40.2 Å². The molecule has 12 heteroatoms. The maximum atomic E-state index is 12.4. The smallest absolute Gasteiger partial charge is 0.269 e. The highest BCUT2D eigenvalue weighted by Gasteiger charge is 2.20. The van der Waals surface area contributed by atoms with Gasteiger partial charge in [0.25, 0.3) is 11.6 Å². The van der Waals surface area contributed by atoms with Crippen LogP contribution in [0, 0.1) is 10.1 Å². The van der Waals surface area contributed by atoms with Gasteiger partial charge in [-0.3, -0.25) is 14.9 Å². The molecule has 33 heavy (non-hydrogen) atoms. The third-order valence-corrected chi connectivity index (χ3v) is 6.20. The van der Waals surface area contributed by atoms with Crippen molar-refractivity contribution < 1.29 is 14.5 Å². The molecule has 0 radical (unpaired) electrons. The molecule has 11 nitrogen and oxygen atoms in total. The van der Waals surface area contributed by atoms with Gasteiger partial charge in [0.2, 0.25) is 0 Å². The minimum atomic E-state index is -0.495. The number of fused-ring (bicyclic) bond motifs is 1. The topological polar surface area (TPSA) is 128 Å². The molecule has 0 bridgehead atoms. The Kier molecular flexibility index (Phi) is 7.35. The molecule has 1 aromatic carbocycles. The maximum absolute atomic E-state index is 12.4. The number of carbonyl (C=O) groups is 1. The first-order chi connectivity index (χ1) is 16.1. The summed E-state index contributed by atoms with van der Waals surface area (Å²) in [5, 5.41) is 19.7. The molecule has 1 fully saturated rings. The van der Waals surface area contributed by atoms with Crippen LogP contribution >= 0.6 is 11.8 Å². The van der Waals surface area contributed by atoms with Crippen LogP contribution in [0.3, 0.4) is 0 Å². The zero-order valence-electron chi connectivity index (χ0n) is 18.3. The molecule has 2 aromatic heterocycles. The summed E-state index contributed by atoms with van der Waals surface area (Å²) in [7, 11) is 0. The van der Waals surface area contributed by atoms with Crippen molar-refractivity contribution in [1.82, 2.24) is 25.1 Å². The zero-order chi connectivity index (χ0) is 23.2. The van der Waals surface area contributed by atoms with Gasteiger partial charge in [-0.15, -0.1) is 0 Å². The number of nitrogens with zero attached hydrogens (tertiary/aromatic N) is 6. The van der Waals surface area contributed by atoms with Crippen LogP contribution in [0.15, 0.2) is 35.6 Å². The number of rotatable bonds is 9. The Morgan fingerprint density at radius 2 is 2.00 bits per heavy atom. The van der Waals surface area contributed by atoms with Crippen LogP contribution in [0.1, 0.15) is 23.7 Å². The largest absolute Gasteiger partial charge is 0.378 e. The molecule has 0 unspecified atom stereocenters. The van der Waals surface area contributed by atoms with E-state index >= 15 is 0 Å². The third kappa shape index (κ3) is 5.40. The highest BCUT2D eigenvalue weighted by Crippen LogP contribution is 2.28. The summed E-state index contributed by atoms with van der Waals surface area (Å²) in [6.45, 7) is 5.73. The summed E-state index contributed by atoms with van der Waals surface area (Å²) < 4.78 is 7.25. The quantitative estimate of drug-likeness (QED) is 0.217. The van der Waals surface area contributed by atoms with Crippen LogP contribution in [0.25, 0.3) is 11.0 Å². The van der Waals surface area contributed by atoms with Crippen LogP contribution in [0.2, 0.25) is 0 Å². The summed E-state index contributed by atoms with van der Waals surface area (Å²) in [4.78, 5) is 34.4. The number of anilines is 1. The second-order valence-electron chi connectivity index (χ2n) is 7.44. The van der Waals surface area contributed by atoms with Gasteiger partial charge in [-0.05, 0) is 18.6 Å². The van der Waals surface area contributed by atoms with Gasteiger partial charge in [0.05, 0.1) is 36.3 Å². The van der Waals surface area contributed by atoms with Crippen LogP contribution in [0.4, 0.5) is 11.5 Å². The Bertz CT molecular complexity index is 1130. The number of nitrogens with one attached hydrogen (secondary N) is 1. The predicted molar refractivity (Wildman–Crippen MR) is 125 cm³/mol. The molecule has 0 spiro atoms. The molecular weight excluding hydrogens is 446 g/mol. The number of amides is 1. The summed E-state index contributed by atoms with van der Waals surface area (Å²) in [6.07, 6.45) is 2.79. The van der Waals surface area contributed by atoms with Crippen molar-refractivity contribution in [3.05, 3.63) is 46.1 Å². The minimum Gasteiger partial charge on any atom is -0.378 e. The summed E-state index contributed by atoms with van der Waals surface area (Å²) >= 11 is 1.62. The number of ether oxygens (including phenoxy) is 1. The van der Waals surface area contributed by atoms with Gasteiger partial charge in [0.1, 0.15) is 5.82 Å². The first kappa shape index (κ1) is 22.9. The van der Waals surface area contributed by atoms with Crippen molar-refractivity contribution in [3.8, 4) is 0 Å². The van der Waals surface area contributed by atoms with E-state index in [9.17, 15) is 14.9 Å². The molecule has 1 saturated heterocycles. The monoisotopic (exact) mass is 471 g/mol. The maximum Gasteiger partial charge on any atom is 0.269 e. The van der Waals surface area contributed by atoms with Crippen LogP contribution in [-0.2, 0) is 11.3 Å². The molecule has 3 heterocycles. The fraction of sp³-hybridized carbons (Fsp3) is 0.429. The normalized spacial score (nSPS) is 13.9. The Balaban J connectivity index is 1.49. The fourth-order valence-corrected chi connectivity index (χ4v) is 4.16. The van der Waals surface area contributed by atoms with E-state index in [2.05, 4.69) is 22.2 Å². The van der Waals surface area contributed by atoms with Crippen molar-refractivity contribution in [3.63, 3.8) is 0 Å². The second kappa shape index (κ2) is 10.6. The van der Waals surface area contributed by atoms with Gasteiger partial charge in [-0.1, -0.05) is 18.7 Å². The predicted octanol–water partition coefficient (Wildman–Crippen LogP) is 2.50. The van der Waals surface area contributed by atoms with Gasteiger partial charge in [-0.2, -0.15) is 5.10 Å². The van der Waals surface area contributed by atoms with Gasteiger partial charge in [0.15, 0.2) is 10.8 Å². The van der Waals surface area contributed by atoms with E-state index in [0.29, 0.717) is 37.0 Å². The Hall–Kier alpha value is -3.25. The molecule has 1 N–H and O–H groups in total. The highest BCUT2D eigenvalue weighted by atomic mass is 32.2. The number of nitro groups is 1. The number of non-ortho nitro benzene ring substituents is 1. The first-order valence-corrected chi connectivity index (χ1v) is 11.8. The first-order valence-electron chi connectivity index (χ1n) is 10.8. The van der Waals surface area contributed by atoms with E-state index in [0.717, 1.165) is 42.1 Å². The molecule has 174 valence electrons. The SMILES string of the molecule is CCCSc1nc(N2CCOCC2)c2cnn(CCNC(=O)c3ccc([N+](=O)[O-])cc3)c2n1. The summed E-state index contributed by atoms with van der Waals surface area (Å²) in [5.41, 5.74) is 1.04. The van der Waals surface area contributed by atoms with Crippen molar-refractivity contribution in [2.24, 2.45) is 0 Å². The number of carbonyl (C=O) groups excluding carboxylic acids is 1. The molecule has 0 saturated carbocycles. The zero-order valence-corrected chi connectivity index (χ0v) is 19.1. The fourth-order valence-electron chi connectivity index (χ4n) is 3.47. The van der Waals surface area contributed by atoms with E-state index in [4.69, 9.17) is 14.7 Å². The number of hydrogen-bond donors (Lipinski definition) is 1. The van der Waals surface area contributed by atoms with E-state index in [1.54, 1.807) is 22.6 Å². The Labute approximate surface area is 194 Å². The number of aromatic nitrogens is 4. The van der Waals surface area contributed by atoms with E-state index in [1.165, 1.54) is 24.3 Å². The van der Waals surface area contributed by atoms with E-state index < -0.39 is 4.92 Å². The number of morpholine rings is 1. The van der Waals surface area contributed by atoms with Crippen molar-refractivity contribution in [1.29, 1.82) is 0 Å². The molecule has 0 atom stereocenters. The van der Waals surface area contributed by atoms with Crippen molar-refractivity contribution in [2.45, 2.75) is 25.0 Å². The molecular formula is C21H25N7O4S. The van der Waals surface area contributed by atoms with Crippen LogP contribution in [0.5, 0.6) is 0 Å². The number of hydrogen-bond acceptors (Lipinski definition) is 9.